The van der Waals surface area contributed by atoms with E-state index < -0.39 is 0 Å². The molecule has 0 aliphatic carbocycles. The molecule has 5 nitrogen and oxygen atoms in total. The number of hydrogen-bond donors (Lipinski definition) is 1. The number of nitrogens with one attached hydrogen (secondary N) is 1. The summed E-state index contributed by atoms with van der Waals surface area (Å²) in [5.74, 6) is 0.0211. The van der Waals surface area contributed by atoms with Crippen molar-refractivity contribution in [1.29, 1.82) is 0 Å². The highest BCUT2D eigenvalue weighted by Crippen LogP contribution is 2.25. The van der Waals surface area contributed by atoms with Crippen LogP contribution >= 0.6 is 0 Å². The molecule has 1 atom stereocenters. The third-order valence-corrected chi connectivity index (χ3v) is 5.29. The Morgan fingerprint density at radius 3 is 2.96 bits per heavy atom. The van der Waals surface area contributed by atoms with E-state index >= 15 is 0 Å². The summed E-state index contributed by atoms with van der Waals surface area (Å²) in [5, 5.41) is 2.87. The fourth-order valence-corrected chi connectivity index (χ4v) is 3.76. The van der Waals surface area contributed by atoms with Gasteiger partial charge < -0.3 is 10.2 Å². The number of benzene rings is 1. The first-order valence-corrected chi connectivity index (χ1v) is 8.85. The number of carbonyl (C=O) groups is 1. The molecule has 4 rings (SSSR count). The molecular formula is C20H24N4O. The average molecular weight is 336 g/mol. The molecule has 2 aromatic rings. The molecule has 1 amide bonds. The van der Waals surface area contributed by atoms with Crippen molar-refractivity contribution in [3.05, 3.63) is 53.2 Å². The van der Waals surface area contributed by atoms with Crippen LogP contribution in [0.15, 0.2) is 36.5 Å². The van der Waals surface area contributed by atoms with Gasteiger partial charge in [0.15, 0.2) is 0 Å². The second-order valence-electron chi connectivity index (χ2n) is 7.25. The Labute approximate surface area is 148 Å². The normalized spacial score (nSPS) is 20.1. The Balaban J connectivity index is 1.51. The fourth-order valence-electron chi connectivity index (χ4n) is 3.76. The maximum atomic E-state index is 11.7. The van der Waals surface area contributed by atoms with Crippen molar-refractivity contribution in [3.63, 3.8) is 0 Å². The third-order valence-electron chi connectivity index (χ3n) is 5.29. The molecular weight excluding hydrogens is 312 g/mol. The minimum Gasteiger partial charge on any atom is -0.348 e. The molecule has 1 N–H and O–H groups in total. The number of likely N-dealkylation sites (tertiary alicyclic amines) is 1. The van der Waals surface area contributed by atoms with Crippen LogP contribution in [0.2, 0.25) is 0 Å². The van der Waals surface area contributed by atoms with Crippen LogP contribution in [0.25, 0.3) is 11.3 Å². The molecule has 1 aromatic heterocycles. The van der Waals surface area contributed by atoms with E-state index in [1.807, 2.05) is 18.3 Å². The second-order valence-corrected chi connectivity index (χ2v) is 7.25. The monoisotopic (exact) mass is 336 g/mol. The molecule has 2 aliphatic rings. The van der Waals surface area contributed by atoms with Gasteiger partial charge in [0.05, 0.1) is 5.69 Å². The predicted molar refractivity (Wildman–Crippen MR) is 98.2 cm³/mol. The van der Waals surface area contributed by atoms with Crippen molar-refractivity contribution < 1.29 is 4.79 Å². The van der Waals surface area contributed by atoms with Gasteiger partial charge in [-0.3, -0.25) is 14.7 Å². The average Bonchev–Trinajstić information content (AvgIpc) is 3.22. The number of hydrogen-bond acceptors (Lipinski definition) is 4. The Hall–Kier alpha value is -2.24. The van der Waals surface area contributed by atoms with Gasteiger partial charge in [-0.15, -0.1) is 0 Å². The molecule has 0 spiro atoms. The lowest BCUT2D eigenvalue weighted by Crippen LogP contribution is -2.31. The number of amides is 1. The van der Waals surface area contributed by atoms with Crippen LogP contribution in [0.3, 0.4) is 0 Å². The lowest BCUT2D eigenvalue weighted by atomic mass is 10.0. The van der Waals surface area contributed by atoms with Crippen LogP contribution < -0.4 is 5.32 Å². The van der Waals surface area contributed by atoms with Gasteiger partial charge in [0.2, 0.25) is 0 Å². The molecule has 0 saturated carbocycles. The zero-order valence-corrected chi connectivity index (χ0v) is 14.8. The number of rotatable bonds is 4. The van der Waals surface area contributed by atoms with Crippen LogP contribution in [-0.4, -0.2) is 53.9 Å². The lowest BCUT2D eigenvalue weighted by Gasteiger charge is -2.20. The number of aromatic nitrogens is 1. The highest BCUT2D eigenvalue weighted by Gasteiger charge is 2.24. The van der Waals surface area contributed by atoms with Gasteiger partial charge in [-0.2, -0.15) is 0 Å². The summed E-state index contributed by atoms with van der Waals surface area (Å²) >= 11 is 0. The van der Waals surface area contributed by atoms with Crippen molar-refractivity contribution in [3.8, 4) is 11.3 Å². The van der Waals surface area contributed by atoms with E-state index in [1.54, 1.807) is 0 Å². The highest BCUT2D eigenvalue weighted by atomic mass is 16.1. The van der Waals surface area contributed by atoms with Gasteiger partial charge in [0, 0.05) is 49.5 Å². The summed E-state index contributed by atoms with van der Waals surface area (Å²) in [5.41, 5.74) is 5.18. The van der Waals surface area contributed by atoms with Crippen molar-refractivity contribution >= 4 is 5.91 Å². The quantitative estimate of drug-likeness (QED) is 0.929. The maximum Gasteiger partial charge on any atom is 0.251 e. The van der Waals surface area contributed by atoms with Crippen molar-refractivity contribution in [1.82, 2.24) is 20.1 Å². The van der Waals surface area contributed by atoms with Crippen LogP contribution in [-0.2, 0) is 13.1 Å². The number of nitrogens with zero attached hydrogens (tertiary/aromatic N) is 3. The second kappa shape index (κ2) is 6.58. The standard InChI is InChI=1S/C20H24N4O/c1-23(2)17-6-8-24(13-17)12-14-5-7-21-19(9-14)15-3-4-18-16(10-15)11-22-20(18)25/h3-5,7,9-10,17H,6,8,11-13H2,1-2H3,(H,22,25)/t17-/m0/s1. The Bertz CT molecular complexity index is 802. The first kappa shape index (κ1) is 16.2. The maximum absolute atomic E-state index is 11.7. The molecule has 25 heavy (non-hydrogen) atoms. The lowest BCUT2D eigenvalue weighted by molar-refractivity contribution is 0.0966. The zero-order chi connectivity index (χ0) is 17.4. The third kappa shape index (κ3) is 3.30. The molecule has 2 aliphatic heterocycles. The smallest absolute Gasteiger partial charge is 0.251 e. The topological polar surface area (TPSA) is 48.5 Å². The summed E-state index contributed by atoms with van der Waals surface area (Å²) in [4.78, 5) is 21.1. The number of pyridine rings is 1. The molecule has 1 aromatic carbocycles. The van der Waals surface area contributed by atoms with E-state index in [1.165, 1.54) is 12.0 Å². The molecule has 1 fully saturated rings. The first-order valence-electron chi connectivity index (χ1n) is 8.85. The first-order chi connectivity index (χ1) is 12.1. The van der Waals surface area contributed by atoms with E-state index in [4.69, 9.17) is 0 Å². The molecule has 3 heterocycles. The van der Waals surface area contributed by atoms with Gasteiger partial charge in [-0.05, 0) is 55.9 Å². The number of likely N-dealkylation sites (N-methyl/N-ethyl adjacent to an activating group) is 1. The van der Waals surface area contributed by atoms with Crippen molar-refractivity contribution in [2.45, 2.75) is 25.6 Å². The Morgan fingerprint density at radius 2 is 2.16 bits per heavy atom. The van der Waals surface area contributed by atoms with Gasteiger partial charge in [-0.1, -0.05) is 6.07 Å². The van der Waals surface area contributed by atoms with Crippen LogP contribution in [0.4, 0.5) is 0 Å². The molecule has 5 heteroatoms. The highest BCUT2D eigenvalue weighted by molar-refractivity contribution is 5.98. The van der Waals surface area contributed by atoms with Crippen molar-refractivity contribution in [2.24, 2.45) is 0 Å². The van der Waals surface area contributed by atoms with E-state index in [2.05, 4.69) is 52.4 Å². The van der Waals surface area contributed by atoms with Crippen LogP contribution in [0.1, 0.15) is 27.9 Å². The minimum absolute atomic E-state index is 0.0211. The fraction of sp³-hybridized carbons (Fsp3) is 0.400. The predicted octanol–water partition coefficient (Wildman–Crippen LogP) is 2.13. The van der Waals surface area contributed by atoms with E-state index in [0.29, 0.717) is 12.6 Å². The molecule has 1 saturated heterocycles. The van der Waals surface area contributed by atoms with Crippen molar-refractivity contribution in [2.75, 3.05) is 27.2 Å². The largest absolute Gasteiger partial charge is 0.348 e. The van der Waals surface area contributed by atoms with E-state index in [-0.39, 0.29) is 5.91 Å². The number of fused-ring (bicyclic) bond motifs is 1. The minimum atomic E-state index is 0.0211. The van der Waals surface area contributed by atoms with Crippen LogP contribution in [0, 0.1) is 0 Å². The molecule has 0 radical (unpaired) electrons. The Morgan fingerprint density at radius 1 is 1.28 bits per heavy atom. The van der Waals surface area contributed by atoms with Gasteiger partial charge in [0.1, 0.15) is 0 Å². The SMILES string of the molecule is CN(C)[C@H]1CCN(Cc2ccnc(-c3ccc4c(c3)CNC4=O)c2)C1. The van der Waals surface area contributed by atoms with E-state index in [0.717, 1.165) is 42.0 Å². The summed E-state index contributed by atoms with van der Waals surface area (Å²) in [6, 6.07) is 10.9. The van der Waals surface area contributed by atoms with E-state index in [9.17, 15) is 4.79 Å². The zero-order valence-electron chi connectivity index (χ0n) is 14.8. The molecule has 130 valence electrons. The molecule has 0 bridgehead atoms. The summed E-state index contributed by atoms with van der Waals surface area (Å²) in [6.07, 6.45) is 3.12. The number of carbonyl (C=O) groups excluding carboxylic acids is 1. The van der Waals surface area contributed by atoms with Gasteiger partial charge in [0.25, 0.3) is 5.91 Å². The van der Waals surface area contributed by atoms with Crippen LogP contribution in [0.5, 0.6) is 0 Å². The van der Waals surface area contributed by atoms with Gasteiger partial charge >= 0.3 is 0 Å². The molecule has 0 unspecified atom stereocenters. The summed E-state index contributed by atoms with van der Waals surface area (Å²) in [7, 11) is 4.32. The summed E-state index contributed by atoms with van der Waals surface area (Å²) < 4.78 is 0. The summed E-state index contributed by atoms with van der Waals surface area (Å²) in [6.45, 7) is 3.84. The Kier molecular flexibility index (Phi) is 4.27. The van der Waals surface area contributed by atoms with Gasteiger partial charge in [-0.25, -0.2) is 0 Å².